The molecule has 0 atom stereocenters. The molecule has 3 rings (SSSR count). The monoisotopic (exact) mass is 367 g/mol. The van der Waals surface area contributed by atoms with E-state index in [9.17, 15) is 0 Å². The van der Waals surface area contributed by atoms with Crippen LogP contribution in [0.25, 0.3) is 0 Å². The second-order valence-corrected chi connectivity index (χ2v) is 6.31. The number of ether oxygens (including phenoxy) is 2. The Morgan fingerprint density at radius 2 is 1.50 bits per heavy atom. The smallest absolute Gasteiger partial charge is 0.119 e. The zero-order chi connectivity index (χ0) is 18.2. The molecule has 0 aliphatic heterocycles. The van der Waals surface area contributed by atoms with Crippen molar-refractivity contribution < 1.29 is 9.47 Å². The normalized spacial score (nSPS) is 10.4. The molecular formula is C22H22ClNO2. The predicted molar refractivity (Wildman–Crippen MR) is 107 cm³/mol. The van der Waals surface area contributed by atoms with Crippen LogP contribution in [-0.4, -0.2) is 6.61 Å². The van der Waals surface area contributed by atoms with Gasteiger partial charge in [-0.05, 0) is 66.6 Å². The van der Waals surface area contributed by atoms with Gasteiger partial charge < -0.3 is 14.8 Å². The Morgan fingerprint density at radius 1 is 0.808 bits per heavy atom. The molecule has 0 spiro atoms. The molecule has 0 radical (unpaired) electrons. The van der Waals surface area contributed by atoms with Gasteiger partial charge in [-0.1, -0.05) is 35.9 Å². The van der Waals surface area contributed by atoms with Gasteiger partial charge in [0.15, 0.2) is 0 Å². The van der Waals surface area contributed by atoms with Crippen LogP contribution in [0, 0.1) is 0 Å². The van der Waals surface area contributed by atoms with Gasteiger partial charge in [-0.3, -0.25) is 0 Å². The SMILES string of the molecule is CCOc1ccc(NCc2ccc(OCc3cccc(Cl)c3)cc2)cc1. The highest BCUT2D eigenvalue weighted by molar-refractivity contribution is 6.30. The Bertz CT molecular complexity index is 816. The topological polar surface area (TPSA) is 30.5 Å². The molecule has 0 fully saturated rings. The van der Waals surface area contributed by atoms with E-state index in [0.717, 1.165) is 34.3 Å². The largest absolute Gasteiger partial charge is 0.494 e. The summed E-state index contributed by atoms with van der Waals surface area (Å²) in [6.45, 7) is 3.92. The van der Waals surface area contributed by atoms with E-state index >= 15 is 0 Å². The molecule has 4 heteroatoms. The van der Waals surface area contributed by atoms with Crippen molar-refractivity contribution in [1.29, 1.82) is 0 Å². The molecule has 26 heavy (non-hydrogen) atoms. The van der Waals surface area contributed by atoms with Crippen LogP contribution in [0.2, 0.25) is 5.02 Å². The van der Waals surface area contributed by atoms with Crippen molar-refractivity contribution in [3.8, 4) is 11.5 Å². The molecule has 0 bridgehead atoms. The molecule has 0 amide bonds. The summed E-state index contributed by atoms with van der Waals surface area (Å²) >= 11 is 5.99. The average Bonchev–Trinajstić information content (AvgIpc) is 2.67. The van der Waals surface area contributed by atoms with E-state index in [1.165, 1.54) is 5.56 Å². The van der Waals surface area contributed by atoms with E-state index in [2.05, 4.69) is 17.4 Å². The first kappa shape index (κ1) is 18.2. The number of nitrogens with one attached hydrogen (secondary N) is 1. The molecule has 0 saturated carbocycles. The van der Waals surface area contributed by atoms with E-state index in [0.29, 0.717) is 13.2 Å². The van der Waals surface area contributed by atoms with Gasteiger partial charge in [-0.25, -0.2) is 0 Å². The quantitative estimate of drug-likeness (QED) is 0.535. The molecule has 0 aromatic heterocycles. The molecule has 1 N–H and O–H groups in total. The maximum Gasteiger partial charge on any atom is 0.119 e. The van der Waals surface area contributed by atoms with Gasteiger partial charge in [0, 0.05) is 17.3 Å². The standard InChI is InChI=1S/C22H22ClNO2/c1-2-25-21-12-8-20(9-13-21)24-15-17-6-10-22(11-7-17)26-16-18-4-3-5-19(23)14-18/h3-14,24H,2,15-16H2,1H3. The summed E-state index contributed by atoms with van der Waals surface area (Å²) in [5, 5.41) is 4.13. The van der Waals surface area contributed by atoms with Gasteiger partial charge in [-0.15, -0.1) is 0 Å². The molecule has 3 aromatic carbocycles. The Morgan fingerprint density at radius 3 is 2.19 bits per heavy atom. The second kappa shape index (κ2) is 9.16. The van der Waals surface area contributed by atoms with E-state index in [1.807, 2.05) is 67.6 Å². The van der Waals surface area contributed by atoms with E-state index in [4.69, 9.17) is 21.1 Å². The lowest BCUT2D eigenvalue weighted by Crippen LogP contribution is -2.00. The zero-order valence-corrected chi connectivity index (χ0v) is 15.5. The Kier molecular flexibility index (Phi) is 6.39. The summed E-state index contributed by atoms with van der Waals surface area (Å²) in [6, 6.07) is 23.8. The van der Waals surface area contributed by atoms with Crippen LogP contribution in [0.1, 0.15) is 18.1 Å². The number of hydrogen-bond donors (Lipinski definition) is 1. The van der Waals surface area contributed by atoms with Crippen molar-refractivity contribution >= 4 is 17.3 Å². The van der Waals surface area contributed by atoms with Crippen molar-refractivity contribution in [3.05, 3.63) is 88.9 Å². The van der Waals surface area contributed by atoms with Gasteiger partial charge >= 0.3 is 0 Å². The summed E-state index contributed by atoms with van der Waals surface area (Å²) in [5.41, 5.74) is 3.31. The van der Waals surface area contributed by atoms with Gasteiger partial charge in [-0.2, -0.15) is 0 Å². The van der Waals surface area contributed by atoms with Crippen LogP contribution < -0.4 is 14.8 Å². The van der Waals surface area contributed by atoms with E-state index in [-0.39, 0.29) is 0 Å². The first-order valence-electron chi connectivity index (χ1n) is 8.66. The molecule has 0 saturated heterocycles. The minimum atomic E-state index is 0.504. The molecular weight excluding hydrogens is 346 g/mol. The number of halogens is 1. The summed E-state index contributed by atoms with van der Waals surface area (Å²) in [7, 11) is 0. The lowest BCUT2D eigenvalue weighted by Gasteiger charge is -2.10. The maximum atomic E-state index is 5.99. The predicted octanol–water partition coefficient (Wildman–Crippen LogP) is 5.93. The highest BCUT2D eigenvalue weighted by Gasteiger charge is 1.99. The maximum absolute atomic E-state index is 5.99. The Hall–Kier alpha value is -2.65. The van der Waals surface area contributed by atoms with Gasteiger partial charge in [0.05, 0.1) is 6.61 Å². The minimum Gasteiger partial charge on any atom is -0.494 e. The lowest BCUT2D eigenvalue weighted by atomic mass is 10.2. The fraction of sp³-hybridized carbons (Fsp3) is 0.182. The number of anilines is 1. The van der Waals surface area contributed by atoms with Crippen molar-refractivity contribution in [2.24, 2.45) is 0 Å². The Balaban J connectivity index is 1.49. The third-order valence-electron chi connectivity index (χ3n) is 3.88. The van der Waals surface area contributed by atoms with Crippen LogP contribution in [0.15, 0.2) is 72.8 Å². The highest BCUT2D eigenvalue weighted by atomic mass is 35.5. The third kappa shape index (κ3) is 5.43. The first-order chi connectivity index (χ1) is 12.7. The molecule has 0 unspecified atom stereocenters. The van der Waals surface area contributed by atoms with Crippen molar-refractivity contribution in [2.75, 3.05) is 11.9 Å². The Labute approximate surface area is 159 Å². The molecule has 0 heterocycles. The van der Waals surface area contributed by atoms with Crippen LogP contribution in [-0.2, 0) is 13.2 Å². The third-order valence-corrected chi connectivity index (χ3v) is 4.11. The molecule has 134 valence electrons. The van der Waals surface area contributed by atoms with Gasteiger partial charge in [0.1, 0.15) is 18.1 Å². The molecule has 0 aliphatic carbocycles. The van der Waals surface area contributed by atoms with Crippen LogP contribution >= 0.6 is 11.6 Å². The summed E-state index contributed by atoms with van der Waals surface area (Å²) in [4.78, 5) is 0. The lowest BCUT2D eigenvalue weighted by molar-refractivity contribution is 0.306. The van der Waals surface area contributed by atoms with Crippen LogP contribution in [0.5, 0.6) is 11.5 Å². The summed E-state index contributed by atoms with van der Waals surface area (Å²) in [6.07, 6.45) is 0. The summed E-state index contributed by atoms with van der Waals surface area (Å²) < 4.78 is 11.3. The summed E-state index contributed by atoms with van der Waals surface area (Å²) in [5.74, 6) is 1.73. The first-order valence-corrected chi connectivity index (χ1v) is 9.03. The van der Waals surface area contributed by atoms with Gasteiger partial charge in [0.25, 0.3) is 0 Å². The number of benzene rings is 3. The fourth-order valence-corrected chi connectivity index (χ4v) is 2.75. The van der Waals surface area contributed by atoms with Crippen molar-refractivity contribution in [2.45, 2.75) is 20.1 Å². The van der Waals surface area contributed by atoms with E-state index in [1.54, 1.807) is 0 Å². The van der Waals surface area contributed by atoms with Gasteiger partial charge in [0.2, 0.25) is 0 Å². The average molecular weight is 368 g/mol. The van der Waals surface area contributed by atoms with Crippen molar-refractivity contribution in [3.63, 3.8) is 0 Å². The molecule has 0 aliphatic rings. The second-order valence-electron chi connectivity index (χ2n) is 5.87. The van der Waals surface area contributed by atoms with Crippen molar-refractivity contribution in [1.82, 2.24) is 0 Å². The van der Waals surface area contributed by atoms with Crippen LogP contribution in [0.3, 0.4) is 0 Å². The molecule has 3 nitrogen and oxygen atoms in total. The number of rotatable bonds is 8. The highest BCUT2D eigenvalue weighted by Crippen LogP contribution is 2.19. The number of hydrogen-bond acceptors (Lipinski definition) is 3. The fourth-order valence-electron chi connectivity index (χ4n) is 2.54. The van der Waals surface area contributed by atoms with E-state index < -0.39 is 0 Å². The molecule has 3 aromatic rings. The van der Waals surface area contributed by atoms with Crippen LogP contribution in [0.4, 0.5) is 5.69 Å². The minimum absolute atomic E-state index is 0.504. The zero-order valence-electron chi connectivity index (χ0n) is 14.7.